The molecular formula is C32H35Br2N7O4. The maximum Gasteiger partial charge on any atom is 0.318 e. The molecule has 11 nitrogen and oxygen atoms in total. The van der Waals surface area contributed by atoms with Crippen molar-refractivity contribution in [3.8, 4) is 5.75 Å². The lowest BCUT2D eigenvalue weighted by molar-refractivity contribution is -0.133. The highest BCUT2D eigenvalue weighted by atomic mass is 79.9. The number of benzene rings is 2. The quantitative estimate of drug-likeness (QED) is 0.353. The van der Waals surface area contributed by atoms with Gasteiger partial charge in [0.15, 0.2) is 0 Å². The maximum absolute atomic E-state index is 14.0. The molecule has 3 aliphatic heterocycles. The van der Waals surface area contributed by atoms with Crippen LogP contribution in [0.5, 0.6) is 5.75 Å². The van der Waals surface area contributed by atoms with Gasteiger partial charge in [0.1, 0.15) is 17.3 Å². The zero-order valence-corrected chi connectivity index (χ0v) is 27.8. The Balaban J connectivity index is 1.15. The third kappa shape index (κ3) is 6.46. The van der Waals surface area contributed by atoms with Gasteiger partial charge in [-0.25, -0.2) is 4.79 Å². The van der Waals surface area contributed by atoms with Crippen LogP contribution in [0.15, 0.2) is 75.9 Å². The van der Waals surface area contributed by atoms with Crippen LogP contribution in [0, 0.1) is 0 Å². The largest absolute Gasteiger partial charge is 0.506 e. The van der Waals surface area contributed by atoms with E-state index in [1.54, 1.807) is 34.3 Å². The molecule has 6 rings (SSSR count). The number of piperazine rings is 1. The number of nitrogens with zero attached hydrogens (tertiary/aromatic N) is 5. The highest BCUT2D eigenvalue weighted by Crippen LogP contribution is 2.37. The van der Waals surface area contributed by atoms with E-state index in [0.29, 0.717) is 67.7 Å². The molecule has 0 saturated carbocycles. The van der Waals surface area contributed by atoms with Gasteiger partial charge in [0.25, 0.3) is 0 Å². The number of nitrogens with one attached hydrogen (secondary N) is 2. The van der Waals surface area contributed by atoms with Crippen LogP contribution in [0.3, 0.4) is 0 Å². The van der Waals surface area contributed by atoms with E-state index in [1.807, 2.05) is 42.5 Å². The number of halogens is 2. The van der Waals surface area contributed by atoms with E-state index in [1.165, 1.54) is 0 Å². The minimum absolute atomic E-state index is 0.0196. The monoisotopic (exact) mass is 739 g/mol. The Labute approximate surface area is 278 Å². The lowest BCUT2D eigenvalue weighted by atomic mass is 9.85. The molecule has 3 saturated heterocycles. The second kappa shape index (κ2) is 13.3. The van der Waals surface area contributed by atoms with Crippen LogP contribution in [-0.4, -0.2) is 95.3 Å². The first-order chi connectivity index (χ1) is 21.7. The third-order valence-corrected chi connectivity index (χ3v) is 10.2. The van der Waals surface area contributed by atoms with Gasteiger partial charge in [0.05, 0.1) is 15.6 Å². The van der Waals surface area contributed by atoms with Crippen LogP contribution in [0.1, 0.15) is 18.4 Å². The van der Waals surface area contributed by atoms with Crippen LogP contribution in [0.25, 0.3) is 0 Å². The molecule has 0 aliphatic carbocycles. The number of hydrogen-bond donors (Lipinski definition) is 3. The Hall–Kier alpha value is -3.84. The molecule has 2 aromatic carbocycles. The minimum atomic E-state index is -0.820. The number of anilines is 2. The summed E-state index contributed by atoms with van der Waals surface area (Å²) < 4.78 is 0.990. The molecule has 236 valence electrons. The molecule has 0 radical (unpaired) electrons. The molecule has 13 heteroatoms. The zero-order valence-electron chi connectivity index (χ0n) is 24.7. The van der Waals surface area contributed by atoms with Crippen molar-refractivity contribution >= 4 is 61.1 Å². The SMILES string of the molecule is O=C(N[C@H](Cc1cc(Br)c(O)c(Br)c1)C(=O)N1CCN(c2ccncc2)CC1)N1CCC2(CC1)C(=O)NCN2c1ccccc1. The zero-order chi connectivity index (χ0) is 31.6. The fourth-order valence-electron chi connectivity index (χ4n) is 6.48. The molecule has 0 unspecified atom stereocenters. The Morgan fingerprint density at radius 3 is 2.20 bits per heavy atom. The van der Waals surface area contributed by atoms with Gasteiger partial charge in [0, 0.05) is 69.5 Å². The maximum atomic E-state index is 14.0. The summed E-state index contributed by atoms with van der Waals surface area (Å²) in [5, 5.41) is 16.2. The lowest BCUT2D eigenvalue weighted by Crippen LogP contribution is -2.60. The number of phenolic OH excluding ortho intramolecular Hbond substituents is 1. The number of amides is 4. The number of aromatic hydroxyl groups is 1. The van der Waals surface area contributed by atoms with E-state index < -0.39 is 11.6 Å². The normalized spacial score (nSPS) is 18.6. The fourth-order valence-corrected chi connectivity index (χ4v) is 7.77. The number of carbonyl (C=O) groups excluding carboxylic acids is 3. The molecule has 3 aromatic rings. The lowest BCUT2D eigenvalue weighted by Gasteiger charge is -2.43. The molecule has 3 fully saturated rings. The standard InChI is InChI=1S/C32H35Br2N7O4/c33-25-18-22(19-26(34)28(25)42)20-27(29(43)39-16-14-38(15-17-39)23-6-10-35-11-7-23)37-31(45)40-12-8-32(9-13-40)30(44)36-21-41(32)24-4-2-1-3-5-24/h1-7,10-11,18-19,27,42H,8-9,12-17,20-21H2,(H,36,44)(H,37,45)/t27-/m1/s1. The number of piperidine rings is 1. The van der Waals surface area contributed by atoms with Gasteiger partial charge in [0.2, 0.25) is 11.8 Å². The number of urea groups is 1. The van der Waals surface area contributed by atoms with E-state index in [2.05, 4.69) is 57.3 Å². The van der Waals surface area contributed by atoms with Crippen molar-refractivity contribution in [3.63, 3.8) is 0 Å². The number of aromatic nitrogens is 1. The third-order valence-electron chi connectivity index (χ3n) is 9.01. The number of carbonyl (C=O) groups is 3. The summed E-state index contributed by atoms with van der Waals surface area (Å²) in [5.74, 6) is -0.105. The van der Waals surface area contributed by atoms with Crippen LogP contribution >= 0.6 is 31.9 Å². The van der Waals surface area contributed by atoms with Gasteiger partial charge < -0.3 is 35.3 Å². The number of pyridine rings is 1. The highest BCUT2D eigenvalue weighted by molar-refractivity contribution is 9.11. The average Bonchev–Trinajstić information content (AvgIpc) is 3.38. The van der Waals surface area contributed by atoms with Crippen LogP contribution in [0.4, 0.5) is 16.2 Å². The smallest absolute Gasteiger partial charge is 0.318 e. The van der Waals surface area contributed by atoms with E-state index in [9.17, 15) is 19.5 Å². The molecule has 0 bridgehead atoms. The van der Waals surface area contributed by atoms with Crippen molar-refractivity contribution in [1.82, 2.24) is 25.4 Å². The van der Waals surface area contributed by atoms with Crippen LogP contribution in [-0.2, 0) is 16.0 Å². The summed E-state index contributed by atoms with van der Waals surface area (Å²) in [4.78, 5) is 52.7. The van der Waals surface area contributed by atoms with Gasteiger partial charge >= 0.3 is 6.03 Å². The predicted molar refractivity (Wildman–Crippen MR) is 178 cm³/mol. The summed E-state index contributed by atoms with van der Waals surface area (Å²) in [6.07, 6.45) is 4.72. The second-order valence-electron chi connectivity index (χ2n) is 11.6. The number of rotatable bonds is 6. The molecule has 1 aromatic heterocycles. The molecule has 4 amide bonds. The topological polar surface area (TPSA) is 121 Å². The first kappa shape index (κ1) is 31.2. The molecule has 3 N–H and O–H groups in total. The first-order valence-corrected chi connectivity index (χ1v) is 16.6. The Morgan fingerprint density at radius 2 is 1.56 bits per heavy atom. The summed E-state index contributed by atoms with van der Waals surface area (Å²) in [6, 6.07) is 16.1. The minimum Gasteiger partial charge on any atom is -0.506 e. The molecule has 3 aliphatic rings. The van der Waals surface area contributed by atoms with E-state index >= 15 is 0 Å². The van der Waals surface area contributed by atoms with Crippen molar-refractivity contribution in [2.45, 2.75) is 30.8 Å². The average molecular weight is 741 g/mol. The molecule has 4 heterocycles. The predicted octanol–water partition coefficient (Wildman–Crippen LogP) is 3.71. The summed E-state index contributed by atoms with van der Waals surface area (Å²) >= 11 is 6.76. The van der Waals surface area contributed by atoms with Gasteiger partial charge in [-0.3, -0.25) is 14.6 Å². The molecule has 1 spiro atoms. The van der Waals surface area contributed by atoms with E-state index in [4.69, 9.17) is 0 Å². The van der Waals surface area contributed by atoms with Crippen molar-refractivity contribution < 1.29 is 19.5 Å². The van der Waals surface area contributed by atoms with Gasteiger partial charge in [-0.05, 0) is 86.7 Å². The van der Waals surface area contributed by atoms with Crippen molar-refractivity contribution in [1.29, 1.82) is 0 Å². The molecule has 45 heavy (non-hydrogen) atoms. The molecule has 1 atom stereocenters. The summed E-state index contributed by atoms with van der Waals surface area (Å²) in [7, 11) is 0. The van der Waals surface area contributed by atoms with E-state index in [0.717, 1.165) is 16.9 Å². The Morgan fingerprint density at radius 1 is 0.911 bits per heavy atom. The van der Waals surface area contributed by atoms with Crippen molar-refractivity contribution in [2.75, 3.05) is 55.7 Å². The Bertz CT molecular complexity index is 1520. The van der Waals surface area contributed by atoms with Gasteiger partial charge in [-0.2, -0.15) is 0 Å². The van der Waals surface area contributed by atoms with Gasteiger partial charge in [-0.15, -0.1) is 0 Å². The second-order valence-corrected chi connectivity index (χ2v) is 13.3. The van der Waals surface area contributed by atoms with Crippen molar-refractivity contribution in [2.24, 2.45) is 0 Å². The van der Waals surface area contributed by atoms with Gasteiger partial charge in [-0.1, -0.05) is 18.2 Å². The summed E-state index contributed by atoms with van der Waals surface area (Å²) in [6.45, 7) is 3.56. The fraction of sp³-hybridized carbons (Fsp3) is 0.375. The van der Waals surface area contributed by atoms with Crippen LogP contribution in [0.2, 0.25) is 0 Å². The first-order valence-electron chi connectivity index (χ1n) is 15.0. The number of para-hydroxylation sites is 1. The number of hydrogen-bond acceptors (Lipinski definition) is 7. The van der Waals surface area contributed by atoms with E-state index in [-0.39, 0.29) is 30.0 Å². The molecular weight excluding hydrogens is 706 g/mol. The highest BCUT2D eigenvalue weighted by Gasteiger charge is 2.51. The van der Waals surface area contributed by atoms with Crippen LogP contribution < -0.4 is 20.4 Å². The Kier molecular flexibility index (Phi) is 9.18. The number of phenols is 1. The number of likely N-dealkylation sites (tertiary alicyclic amines) is 1. The van der Waals surface area contributed by atoms with Crippen molar-refractivity contribution in [3.05, 3.63) is 81.5 Å². The summed E-state index contributed by atoms with van der Waals surface area (Å²) in [5.41, 5.74) is 2.09.